The van der Waals surface area contributed by atoms with Crippen LogP contribution in [0.4, 0.5) is 5.69 Å². The molecular weight excluding hydrogens is 270 g/mol. The van der Waals surface area contributed by atoms with Crippen LogP contribution in [0.5, 0.6) is 0 Å². The number of hydrogen-bond donors (Lipinski definition) is 1. The Morgan fingerprint density at radius 1 is 1.38 bits per heavy atom. The fourth-order valence-electron chi connectivity index (χ4n) is 3.25. The van der Waals surface area contributed by atoms with E-state index in [-0.39, 0.29) is 18.1 Å². The van der Waals surface area contributed by atoms with Crippen molar-refractivity contribution in [2.24, 2.45) is 0 Å². The van der Waals surface area contributed by atoms with Gasteiger partial charge in [0.25, 0.3) is 0 Å². The number of fused-ring (bicyclic) bond motifs is 1. The largest absolute Gasteiger partial charge is 0.481 e. The van der Waals surface area contributed by atoms with Gasteiger partial charge >= 0.3 is 5.97 Å². The maximum absolute atomic E-state index is 12.6. The molecule has 1 aromatic rings. The molecule has 5 heteroatoms. The number of benzene rings is 1. The number of carbonyl (C=O) groups excluding carboxylic acids is 1. The van der Waals surface area contributed by atoms with Crippen molar-refractivity contribution in [3.63, 3.8) is 0 Å². The second-order valence-corrected chi connectivity index (χ2v) is 5.87. The van der Waals surface area contributed by atoms with E-state index in [2.05, 4.69) is 0 Å². The molecule has 1 aliphatic heterocycles. The number of carbonyl (C=O) groups is 2. The number of para-hydroxylation sites is 1. The maximum Gasteiger partial charge on any atom is 0.312 e. The number of nitrogens with zero attached hydrogens (tertiary/aromatic N) is 1. The Balaban J connectivity index is 1.83. The molecule has 1 heterocycles. The molecule has 112 valence electrons. The maximum atomic E-state index is 12.6. The third kappa shape index (κ3) is 2.31. The molecule has 0 radical (unpaired) electrons. The lowest BCUT2D eigenvalue weighted by Gasteiger charge is -2.40. The summed E-state index contributed by atoms with van der Waals surface area (Å²) in [6, 6.07) is 7.25. The van der Waals surface area contributed by atoms with Gasteiger partial charge in [0.2, 0.25) is 5.91 Å². The van der Waals surface area contributed by atoms with Gasteiger partial charge in [-0.05, 0) is 30.9 Å². The van der Waals surface area contributed by atoms with Gasteiger partial charge in [0.05, 0.1) is 12.0 Å². The van der Waals surface area contributed by atoms with Crippen LogP contribution in [0.3, 0.4) is 0 Å². The van der Waals surface area contributed by atoms with E-state index in [9.17, 15) is 14.7 Å². The molecule has 1 atom stereocenters. The third-order valence-electron chi connectivity index (χ3n) is 4.74. The van der Waals surface area contributed by atoms with Crippen LogP contribution in [0.25, 0.3) is 0 Å². The average Bonchev–Trinajstić information content (AvgIpc) is 2.82. The zero-order valence-electron chi connectivity index (χ0n) is 12.0. The van der Waals surface area contributed by atoms with Crippen LogP contribution >= 0.6 is 0 Å². The summed E-state index contributed by atoms with van der Waals surface area (Å²) in [6.45, 7) is 0.216. The van der Waals surface area contributed by atoms with Crippen molar-refractivity contribution in [3.05, 3.63) is 29.8 Å². The van der Waals surface area contributed by atoms with Gasteiger partial charge in [0.15, 0.2) is 0 Å². The van der Waals surface area contributed by atoms with Crippen molar-refractivity contribution in [1.29, 1.82) is 0 Å². The van der Waals surface area contributed by atoms with Crippen LogP contribution in [0.2, 0.25) is 0 Å². The molecule has 1 aromatic carbocycles. The number of ether oxygens (including phenoxy) is 1. The molecule has 0 saturated heterocycles. The minimum atomic E-state index is -0.886. The van der Waals surface area contributed by atoms with E-state index in [4.69, 9.17) is 4.74 Å². The van der Waals surface area contributed by atoms with Gasteiger partial charge in [0.1, 0.15) is 5.92 Å². The summed E-state index contributed by atoms with van der Waals surface area (Å²) in [6.07, 6.45) is 3.19. The van der Waals surface area contributed by atoms with Crippen molar-refractivity contribution < 1.29 is 19.4 Å². The SMILES string of the molecule is COC1(CC(=O)N2C[C@@H](C(=O)O)c3ccccc32)CCC1. The summed E-state index contributed by atoms with van der Waals surface area (Å²) in [5.74, 6) is -1.57. The molecule has 0 aromatic heterocycles. The molecule has 21 heavy (non-hydrogen) atoms. The molecule has 0 unspecified atom stereocenters. The second kappa shape index (κ2) is 5.15. The molecular formula is C16H19NO4. The summed E-state index contributed by atoms with van der Waals surface area (Å²) >= 11 is 0. The smallest absolute Gasteiger partial charge is 0.312 e. The van der Waals surface area contributed by atoms with E-state index in [0.29, 0.717) is 6.42 Å². The van der Waals surface area contributed by atoms with Gasteiger partial charge < -0.3 is 14.7 Å². The summed E-state index contributed by atoms with van der Waals surface area (Å²) in [4.78, 5) is 25.6. The van der Waals surface area contributed by atoms with E-state index >= 15 is 0 Å². The van der Waals surface area contributed by atoms with Gasteiger partial charge in [-0.1, -0.05) is 18.2 Å². The van der Waals surface area contributed by atoms with Crippen LogP contribution in [0.1, 0.15) is 37.2 Å². The molecule has 1 saturated carbocycles. The van der Waals surface area contributed by atoms with Crippen molar-refractivity contribution in [2.45, 2.75) is 37.2 Å². The van der Waals surface area contributed by atoms with Crippen LogP contribution in [0.15, 0.2) is 24.3 Å². The minimum Gasteiger partial charge on any atom is -0.481 e. The Morgan fingerprint density at radius 2 is 2.10 bits per heavy atom. The quantitative estimate of drug-likeness (QED) is 0.922. The van der Waals surface area contributed by atoms with Crippen LogP contribution < -0.4 is 4.90 Å². The van der Waals surface area contributed by atoms with Gasteiger partial charge in [-0.2, -0.15) is 0 Å². The van der Waals surface area contributed by atoms with Gasteiger partial charge in [-0.3, -0.25) is 9.59 Å². The third-order valence-corrected chi connectivity index (χ3v) is 4.74. The molecule has 1 N–H and O–H groups in total. The normalized spacial score (nSPS) is 22.5. The van der Waals surface area contributed by atoms with E-state index in [1.165, 1.54) is 0 Å². The van der Waals surface area contributed by atoms with Gasteiger partial charge in [-0.15, -0.1) is 0 Å². The summed E-state index contributed by atoms with van der Waals surface area (Å²) in [5.41, 5.74) is 1.10. The second-order valence-electron chi connectivity index (χ2n) is 5.87. The first-order chi connectivity index (χ1) is 10.1. The van der Waals surface area contributed by atoms with Crippen LogP contribution in [0, 0.1) is 0 Å². The molecule has 1 amide bonds. The average molecular weight is 289 g/mol. The minimum absolute atomic E-state index is 0.0484. The Kier molecular flexibility index (Phi) is 3.45. The van der Waals surface area contributed by atoms with E-state index in [1.807, 2.05) is 18.2 Å². The molecule has 5 nitrogen and oxygen atoms in total. The highest BCUT2D eigenvalue weighted by Crippen LogP contribution is 2.41. The Hall–Kier alpha value is -1.88. The fraction of sp³-hybridized carbons (Fsp3) is 0.500. The number of aliphatic carboxylic acids is 1. The highest BCUT2D eigenvalue weighted by atomic mass is 16.5. The lowest BCUT2D eigenvalue weighted by molar-refractivity contribution is -0.138. The first kappa shape index (κ1) is 14.1. The Morgan fingerprint density at radius 3 is 2.67 bits per heavy atom. The van der Waals surface area contributed by atoms with E-state index in [1.54, 1.807) is 18.1 Å². The molecule has 1 aliphatic carbocycles. The van der Waals surface area contributed by atoms with Crippen molar-refractivity contribution in [3.8, 4) is 0 Å². The van der Waals surface area contributed by atoms with Crippen molar-refractivity contribution in [2.75, 3.05) is 18.6 Å². The first-order valence-corrected chi connectivity index (χ1v) is 7.23. The number of hydrogen-bond acceptors (Lipinski definition) is 3. The number of rotatable bonds is 4. The van der Waals surface area contributed by atoms with Crippen molar-refractivity contribution in [1.82, 2.24) is 0 Å². The number of amides is 1. The molecule has 0 spiro atoms. The lowest BCUT2D eigenvalue weighted by atomic mass is 9.77. The highest BCUT2D eigenvalue weighted by molar-refractivity contribution is 5.99. The predicted octanol–water partition coefficient (Wildman–Crippen LogP) is 2.16. The zero-order valence-corrected chi connectivity index (χ0v) is 12.0. The monoisotopic (exact) mass is 289 g/mol. The van der Waals surface area contributed by atoms with Gasteiger partial charge in [-0.25, -0.2) is 0 Å². The fourth-order valence-corrected chi connectivity index (χ4v) is 3.25. The highest BCUT2D eigenvalue weighted by Gasteiger charge is 2.43. The van der Waals surface area contributed by atoms with E-state index in [0.717, 1.165) is 30.5 Å². The lowest BCUT2D eigenvalue weighted by Crippen LogP contribution is -2.45. The number of anilines is 1. The van der Waals surface area contributed by atoms with E-state index < -0.39 is 11.9 Å². The predicted molar refractivity (Wildman–Crippen MR) is 77.4 cm³/mol. The number of methoxy groups -OCH3 is 1. The van der Waals surface area contributed by atoms with Crippen LogP contribution in [-0.2, 0) is 14.3 Å². The molecule has 0 bridgehead atoms. The first-order valence-electron chi connectivity index (χ1n) is 7.23. The zero-order chi connectivity index (χ0) is 15.0. The standard InChI is InChI=1S/C16H19NO4/c1-21-16(7-4-8-16)9-14(18)17-10-12(15(19)20)11-5-2-3-6-13(11)17/h2-3,5-6,12H,4,7-10H2,1H3,(H,19,20)/t12-/m1/s1. The number of carboxylic acids is 1. The van der Waals surface area contributed by atoms with Gasteiger partial charge in [0, 0.05) is 19.3 Å². The molecule has 1 fully saturated rings. The Labute approximate surface area is 123 Å². The van der Waals surface area contributed by atoms with Crippen molar-refractivity contribution >= 4 is 17.6 Å². The molecule has 3 rings (SSSR count). The summed E-state index contributed by atoms with van der Waals surface area (Å²) < 4.78 is 5.50. The van der Waals surface area contributed by atoms with Crippen LogP contribution in [-0.4, -0.2) is 36.2 Å². The number of carboxylic acid groups (broad SMARTS) is 1. The summed E-state index contributed by atoms with van der Waals surface area (Å²) in [5, 5.41) is 9.33. The summed E-state index contributed by atoms with van der Waals surface area (Å²) in [7, 11) is 1.64. The topological polar surface area (TPSA) is 66.8 Å². The Bertz CT molecular complexity index is 574. The molecule has 2 aliphatic rings.